The summed E-state index contributed by atoms with van der Waals surface area (Å²) in [5.74, 6) is 0.679. The summed E-state index contributed by atoms with van der Waals surface area (Å²) in [5.41, 5.74) is -0.172. The maximum absolute atomic E-state index is 12.4. The van der Waals surface area contributed by atoms with E-state index < -0.39 is 10.0 Å². The van der Waals surface area contributed by atoms with Crippen molar-refractivity contribution in [2.24, 2.45) is 0 Å². The SMILES string of the molecule is CCOc1ccc(S(=O)(=O)NCC(C)(C)N2CCCC2)cc1. The maximum Gasteiger partial charge on any atom is 0.240 e. The summed E-state index contributed by atoms with van der Waals surface area (Å²) in [7, 11) is -3.49. The van der Waals surface area contributed by atoms with E-state index in [9.17, 15) is 8.42 Å². The molecular weight excluding hydrogens is 300 g/mol. The van der Waals surface area contributed by atoms with Crippen LogP contribution in [-0.4, -0.2) is 45.1 Å². The van der Waals surface area contributed by atoms with Gasteiger partial charge in [0.2, 0.25) is 10.0 Å². The van der Waals surface area contributed by atoms with Gasteiger partial charge in [-0.25, -0.2) is 13.1 Å². The van der Waals surface area contributed by atoms with Crippen LogP contribution in [0.1, 0.15) is 33.6 Å². The number of rotatable bonds is 7. The third kappa shape index (κ3) is 4.21. The van der Waals surface area contributed by atoms with Crippen LogP contribution >= 0.6 is 0 Å². The standard InChI is InChI=1S/C16H26N2O3S/c1-4-21-14-7-9-15(10-8-14)22(19,20)17-13-16(2,3)18-11-5-6-12-18/h7-10,17H,4-6,11-13H2,1-3H3. The molecule has 1 aliphatic heterocycles. The Morgan fingerprint density at radius 3 is 2.32 bits per heavy atom. The summed E-state index contributed by atoms with van der Waals surface area (Å²) in [6.45, 7) is 9.11. The van der Waals surface area contributed by atoms with Gasteiger partial charge in [0.05, 0.1) is 11.5 Å². The van der Waals surface area contributed by atoms with Gasteiger partial charge in [0.15, 0.2) is 0 Å². The summed E-state index contributed by atoms with van der Waals surface area (Å²) < 4.78 is 32.9. The van der Waals surface area contributed by atoms with Gasteiger partial charge in [-0.15, -0.1) is 0 Å². The molecule has 0 aliphatic carbocycles. The highest BCUT2D eigenvalue weighted by Gasteiger charge is 2.30. The topological polar surface area (TPSA) is 58.6 Å². The Kier molecular flexibility index (Phi) is 5.47. The van der Waals surface area contributed by atoms with Gasteiger partial charge >= 0.3 is 0 Å². The lowest BCUT2D eigenvalue weighted by Crippen LogP contribution is -2.50. The van der Waals surface area contributed by atoms with Crippen LogP contribution in [0.4, 0.5) is 0 Å². The molecule has 1 aliphatic rings. The van der Waals surface area contributed by atoms with Gasteiger partial charge in [-0.2, -0.15) is 0 Å². The Hall–Kier alpha value is -1.11. The molecule has 0 amide bonds. The molecule has 0 radical (unpaired) electrons. The quantitative estimate of drug-likeness (QED) is 0.835. The zero-order valence-corrected chi connectivity index (χ0v) is 14.4. The van der Waals surface area contributed by atoms with Crippen LogP contribution in [0.2, 0.25) is 0 Å². The summed E-state index contributed by atoms with van der Waals surface area (Å²) in [5, 5.41) is 0. The molecule has 0 saturated carbocycles. The molecule has 1 aromatic rings. The second-order valence-corrected chi connectivity index (χ2v) is 8.00. The zero-order valence-electron chi connectivity index (χ0n) is 13.6. The van der Waals surface area contributed by atoms with Gasteiger partial charge in [0.1, 0.15) is 5.75 Å². The smallest absolute Gasteiger partial charge is 0.240 e. The van der Waals surface area contributed by atoms with Crippen molar-refractivity contribution in [3.63, 3.8) is 0 Å². The van der Waals surface area contributed by atoms with Gasteiger partial charge in [-0.3, -0.25) is 4.90 Å². The average molecular weight is 326 g/mol. The molecule has 0 bridgehead atoms. The van der Waals surface area contributed by atoms with Crippen LogP contribution in [0.5, 0.6) is 5.75 Å². The summed E-state index contributed by atoms with van der Waals surface area (Å²) >= 11 is 0. The second kappa shape index (κ2) is 6.98. The molecule has 22 heavy (non-hydrogen) atoms. The lowest BCUT2D eigenvalue weighted by Gasteiger charge is -2.35. The van der Waals surface area contributed by atoms with Gasteiger partial charge in [0.25, 0.3) is 0 Å². The van der Waals surface area contributed by atoms with Crippen molar-refractivity contribution in [2.75, 3.05) is 26.2 Å². The van der Waals surface area contributed by atoms with Gasteiger partial charge in [0, 0.05) is 12.1 Å². The number of ether oxygens (including phenoxy) is 1. The normalized spacial score (nSPS) is 16.9. The van der Waals surface area contributed by atoms with Gasteiger partial charge in [-0.05, 0) is 71.0 Å². The number of likely N-dealkylation sites (tertiary alicyclic amines) is 1. The van der Waals surface area contributed by atoms with E-state index >= 15 is 0 Å². The highest BCUT2D eigenvalue weighted by Crippen LogP contribution is 2.21. The van der Waals surface area contributed by atoms with E-state index in [1.165, 1.54) is 12.8 Å². The van der Waals surface area contributed by atoms with E-state index in [1.54, 1.807) is 24.3 Å². The molecule has 0 spiro atoms. The largest absolute Gasteiger partial charge is 0.494 e. The fourth-order valence-electron chi connectivity index (χ4n) is 2.67. The first kappa shape index (κ1) is 17.2. The molecule has 1 heterocycles. The number of benzene rings is 1. The summed E-state index contributed by atoms with van der Waals surface area (Å²) in [4.78, 5) is 2.61. The van der Waals surface area contributed by atoms with E-state index in [4.69, 9.17) is 4.74 Å². The third-order valence-corrected chi connectivity index (χ3v) is 5.52. The third-order valence-electron chi connectivity index (χ3n) is 4.10. The molecule has 1 aromatic carbocycles. The minimum absolute atomic E-state index is 0.172. The summed E-state index contributed by atoms with van der Waals surface area (Å²) in [6, 6.07) is 6.53. The monoisotopic (exact) mass is 326 g/mol. The first-order valence-electron chi connectivity index (χ1n) is 7.83. The number of hydrogen-bond acceptors (Lipinski definition) is 4. The fourth-order valence-corrected chi connectivity index (χ4v) is 3.88. The molecule has 6 heteroatoms. The van der Waals surface area contributed by atoms with Crippen molar-refractivity contribution >= 4 is 10.0 Å². The van der Waals surface area contributed by atoms with Crippen molar-refractivity contribution < 1.29 is 13.2 Å². The van der Waals surface area contributed by atoms with Crippen molar-refractivity contribution in [2.45, 2.75) is 44.0 Å². The zero-order chi connectivity index (χ0) is 16.2. The number of nitrogens with zero attached hydrogens (tertiary/aromatic N) is 1. The van der Waals surface area contributed by atoms with E-state index in [0.717, 1.165) is 13.1 Å². The van der Waals surface area contributed by atoms with Crippen LogP contribution in [-0.2, 0) is 10.0 Å². The van der Waals surface area contributed by atoms with E-state index in [-0.39, 0.29) is 10.4 Å². The Morgan fingerprint density at radius 2 is 1.77 bits per heavy atom. The molecule has 124 valence electrons. The molecule has 1 saturated heterocycles. The van der Waals surface area contributed by atoms with Gasteiger partial charge < -0.3 is 4.74 Å². The average Bonchev–Trinajstić information content (AvgIpc) is 3.02. The highest BCUT2D eigenvalue weighted by molar-refractivity contribution is 7.89. The minimum atomic E-state index is -3.49. The number of hydrogen-bond donors (Lipinski definition) is 1. The van der Waals surface area contributed by atoms with Crippen molar-refractivity contribution in [3.8, 4) is 5.75 Å². The fraction of sp³-hybridized carbons (Fsp3) is 0.625. The molecular formula is C16H26N2O3S. The second-order valence-electron chi connectivity index (χ2n) is 6.24. The lowest BCUT2D eigenvalue weighted by molar-refractivity contribution is 0.158. The molecule has 2 rings (SSSR count). The molecule has 0 atom stereocenters. The molecule has 1 N–H and O–H groups in total. The number of nitrogens with one attached hydrogen (secondary N) is 1. The number of sulfonamides is 1. The predicted molar refractivity (Wildman–Crippen MR) is 87.7 cm³/mol. The molecule has 0 aromatic heterocycles. The maximum atomic E-state index is 12.4. The highest BCUT2D eigenvalue weighted by atomic mass is 32.2. The first-order chi connectivity index (χ1) is 10.3. The van der Waals surface area contributed by atoms with Crippen LogP contribution in [0.15, 0.2) is 29.2 Å². The van der Waals surface area contributed by atoms with Crippen LogP contribution in [0, 0.1) is 0 Å². The van der Waals surface area contributed by atoms with Crippen LogP contribution < -0.4 is 9.46 Å². The Bertz CT molecular complexity index is 576. The molecule has 5 nitrogen and oxygen atoms in total. The summed E-state index contributed by atoms with van der Waals surface area (Å²) in [6.07, 6.45) is 2.38. The van der Waals surface area contributed by atoms with Crippen molar-refractivity contribution in [3.05, 3.63) is 24.3 Å². The first-order valence-corrected chi connectivity index (χ1v) is 9.31. The minimum Gasteiger partial charge on any atom is -0.494 e. The Labute approximate surface area is 133 Å². The lowest BCUT2D eigenvalue weighted by atomic mass is 10.0. The van der Waals surface area contributed by atoms with E-state index in [2.05, 4.69) is 23.5 Å². The van der Waals surface area contributed by atoms with Gasteiger partial charge in [-0.1, -0.05) is 0 Å². The van der Waals surface area contributed by atoms with Crippen LogP contribution in [0.3, 0.4) is 0 Å². The van der Waals surface area contributed by atoms with E-state index in [1.807, 2.05) is 6.92 Å². The van der Waals surface area contributed by atoms with Crippen LogP contribution in [0.25, 0.3) is 0 Å². The van der Waals surface area contributed by atoms with Crippen molar-refractivity contribution in [1.29, 1.82) is 0 Å². The molecule has 0 unspecified atom stereocenters. The Balaban J connectivity index is 2.01. The van der Waals surface area contributed by atoms with Crippen molar-refractivity contribution in [1.82, 2.24) is 9.62 Å². The molecule has 1 fully saturated rings. The Morgan fingerprint density at radius 1 is 1.18 bits per heavy atom. The van der Waals surface area contributed by atoms with E-state index in [0.29, 0.717) is 18.9 Å². The predicted octanol–water partition coefficient (Wildman–Crippen LogP) is 2.24.